The molecule has 0 radical (unpaired) electrons. The number of halogens is 1. The van der Waals surface area contributed by atoms with Gasteiger partial charge in [0.05, 0.1) is 12.2 Å². The molecular formula is C21H23FO4. The molecule has 0 amide bonds. The number of aliphatic hydroxyl groups is 2. The molecule has 0 aliphatic carbocycles. The fraction of sp³-hybridized carbons (Fsp3) is 0.286. The molecular weight excluding hydrogens is 335 g/mol. The minimum absolute atomic E-state index is 0.221. The molecule has 138 valence electrons. The molecule has 0 aliphatic heterocycles. The van der Waals surface area contributed by atoms with Crippen LogP contribution in [0.5, 0.6) is 11.5 Å². The second-order valence-electron chi connectivity index (χ2n) is 6.07. The molecule has 0 bridgehead atoms. The smallest absolute Gasteiger partial charge is 0.165 e. The predicted molar refractivity (Wildman–Crippen MR) is 97.5 cm³/mol. The van der Waals surface area contributed by atoms with Gasteiger partial charge in [0.1, 0.15) is 12.4 Å². The van der Waals surface area contributed by atoms with E-state index in [4.69, 9.17) is 4.74 Å². The summed E-state index contributed by atoms with van der Waals surface area (Å²) in [6.07, 6.45) is 0.801. The number of benzene rings is 2. The summed E-state index contributed by atoms with van der Waals surface area (Å²) in [7, 11) is 0. The van der Waals surface area contributed by atoms with Crippen molar-refractivity contribution in [3.63, 3.8) is 0 Å². The largest absolute Gasteiger partial charge is 0.505 e. The molecule has 4 nitrogen and oxygen atoms in total. The van der Waals surface area contributed by atoms with Gasteiger partial charge in [-0.05, 0) is 42.8 Å². The second-order valence-corrected chi connectivity index (χ2v) is 6.07. The van der Waals surface area contributed by atoms with Gasteiger partial charge in [0.2, 0.25) is 0 Å². The van der Waals surface area contributed by atoms with Crippen molar-refractivity contribution < 1.29 is 24.4 Å². The molecule has 0 aliphatic rings. The van der Waals surface area contributed by atoms with Crippen LogP contribution in [0.3, 0.4) is 0 Å². The Hall–Kier alpha value is -2.59. The minimum atomic E-state index is -0.916. The van der Waals surface area contributed by atoms with Crippen LogP contribution in [0.4, 0.5) is 4.39 Å². The van der Waals surface area contributed by atoms with Crippen molar-refractivity contribution in [3.8, 4) is 11.5 Å². The summed E-state index contributed by atoms with van der Waals surface area (Å²) in [5, 5.41) is 28.9. The molecule has 0 unspecified atom stereocenters. The van der Waals surface area contributed by atoms with Gasteiger partial charge in [-0.2, -0.15) is 0 Å². The Balaban J connectivity index is 2.03. The number of aromatic hydroxyl groups is 1. The van der Waals surface area contributed by atoms with E-state index < -0.39 is 23.8 Å². The maximum absolute atomic E-state index is 13.4. The van der Waals surface area contributed by atoms with Crippen molar-refractivity contribution in [2.45, 2.75) is 32.0 Å². The van der Waals surface area contributed by atoms with Crippen LogP contribution in [-0.2, 0) is 0 Å². The zero-order valence-corrected chi connectivity index (χ0v) is 14.6. The Kier molecular flexibility index (Phi) is 7.42. The van der Waals surface area contributed by atoms with Crippen molar-refractivity contribution in [3.05, 3.63) is 77.3 Å². The van der Waals surface area contributed by atoms with Gasteiger partial charge in [0, 0.05) is 18.4 Å². The van der Waals surface area contributed by atoms with Crippen molar-refractivity contribution in [1.82, 2.24) is 0 Å². The first-order valence-electron chi connectivity index (χ1n) is 8.41. The Labute approximate surface area is 152 Å². The summed E-state index contributed by atoms with van der Waals surface area (Å²) in [5.74, 6) is -0.502. The van der Waals surface area contributed by atoms with E-state index >= 15 is 0 Å². The first-order chi connectivity index (χ1) is 12.5. The van der Waals surface area contributed by atoms with Gasteiger partial charge >= 0.3 is 0 Å². The Bertz CT molecular complexity index is 765. The van der Waals surface area contributed by atoms with Gasteiger partial charge in [-0.25, -0.2) is 4.39 Å². The average Bonchev–Trinajstić information content (AvgIpc) is 2.62. The fourth-order valence-corrected chi connectivity index (χ4v) is 2.38. The average molecular weight is 358 g/mol. The Morgan fingerprint density at radius 3 is 2.58 bits per heavy atom. The normalized spacial score (nSPS) is 12.8. The fourth-order valence-electron chi connectivity index (χ4n) is 2.38. The van der Waals surface area contributed by atoms with Gasteiger partial charge in [0.25, 0.3) is 0 Å². The standard InChI is InChI=1S/C21H23FO4/c1-15(23)12-16(14-26-18-7-3-2-4-8-18)6-5-9-20(24)17-10-11-21(25)19(22)13-17/h2-5,7-8,10-11,13,15,20,23-25H,9,12,14H2,1H3/t6?,15-,20+/m0/s1. The molecule has 0 saturated carbocycles. The van der Waals surface area contributed by atoms with Gasteiger partial charge in [-0.15, -0.1) is 5.73 Å². The molecule has 2 atom stereocenters. The number of rotatable bonds is 8. The zero-order valence-electron chi connectivity index (χ0n) is 14.6. The maximum Gasteiger partial charge on any atom is 0.165 e. The van der Waals surface area contributed by atoms with Crippen molar-refractivity contribution in [2.75, 3.05) is 6.61 Å². The van der Waals surface area contributed by atoms with Gasteiger partial charge < -0.3 is 20.1 Å². The summed E-state index contributed by atoms with van der Waals surface area (Å²) in [6, 6.07) is 13.1. The molecule has 26 heavy (non-hydrogen) atoms. The number of para-hydroxylation sites is 1. The van der Waals surface area contributed by atoms with Crippen LogP contribution in [0.25, 0.3) is 0 Å². The molecule has 3 N–H and O–H groups in total. The van der Waals surface area contributed by atoms with Crippen LogP contribution in [0.2, 0.25) is 0 Å². The summed E-state index contributed by atoms with van der Waals surface area (Å²) in [4.78, 5) is 0. The van der Waals surface area contributed by atoms with Gasteiger partial charge in [0.15, 0.2) is 11.6 Å². The van der Waals surface area contributed by atoms with E-state index in [9.17, 15) is 19.7 Å². The highest BCUT2D eigenvalue weighted by atomic mass is 19.1. The van der Waals surface area contributed by atoms with Crippen molar-refractivity contribution in [2.24, 2.45) is 0 Å². The SMILES string of the molecule is C[C@H](O)CC(=C=CC[C@@H](O)c1ccc(O)c(F)c1)COc1ccccc1. The molecule has 2 aromatic rings. The lowest BCUT2D eigenvalue weighted by Gasteiger charge is -2.10. The molecule has 0 fully saturated rings. The first kappa shape index (κ1) is 19.7. The topological polar surface area (TPSA) is 69.9 Å². The van der Waals surface area contributed by atoms with E-state index in [2.05, 4.69) is 5.73 Å². The number of phenolic OH excluding ortho intramolecular Hbond substituents is 1. The van der Waals surface area contributed by atoms with Gasteiger partial charge in [-0.3, -0.25) is 0 Å². The summed E-state index contributed by atoms with van der Waals surface area (Å²) in [5.41, 5.74) is 4.18. The molecule has 0 aromatic heterocycles. The highest BCUT2D eigenvalue weighted by Gasteiger charge is 2.09. The van der Waals surface area contributed by atoms with Crippen LogP contribution < -0.4 is 4.74 Å². The molecule has 0 saturated heterocycles. The Morgan fingerprint density at radius 2 is 1.92 bits per heavy atom. The van der Waals surface area contributed by atoms with E-state index in [0.29, 0.717) is 12.0 Å². The van der Waals surface area contributed by atoms with E-state index in [0.717, 1.165) is 17.4 Å². The number of aliphatic hydroxyl groups excluding tert-OH is 2. The summed E-state index contributed by atoms with van der Waals surface area (Å²) < 4.78 is 19.0. The number of hydrogen-bond acceptors (Lipinski definition) is 4. The lowest BCUT2D eigenvalue weighted by molar-refractivity contribution is 0.181. The molecule has 0 spiro atoms. The van der Waals surface area contributed by atoms with Crippen LogP contribution >= 0.6 is 0 Å². The molecule has 2 aromatic carbocycles. The monoisotopic (exact) mass is 358 g/mol. The van der Waals surface area contributed by atoms with Crippen molar-refractivity contribution in [1.29, 1.82) is 0 Å². The van der Waals surface area contributed by atoms with Crippen LogP contribution in [0.1, 0.15) is 31.4 Å². The number of ether oxygens (including phenoxy) is 1. The van der Waals surface area contributed by atoms with E-state index in [1.54, 1.807) is 13.0 Å². The van der Waals surface area contributed by atoms with Gasteiger partial charge in [-0.1, -0.05) is 24.3 Å². The quantitative estimate of drug-likeness (QED) is 0.626. The van der Waals surface area contributed by atoms with Crippen molar-refractivity contribution >= 4 is 0 Å². The van der Waals surface area contributed by atoms with Crippen LogP contribution in [0.15, 0.2) is 65.9 Å². The van der Waals surface area contributed by atoms with Crippen LogP contribution in [0, 0.1) is 5.82 Å². The molecule has 5 heteroatoms. The zero-order chi connectivity index (χ0) is 18.9. The lowest BCUT2D eigenvalue weighted by atomic mass is 10.1. The highest BCUT2D eigenvalue weighted by molar-refractivity contribution is 5.29. The first-order valence-corrected chi connectivity index (χ1v) is 8.41. The summed E-state index contributed by atoms with van der Waals surface area (Å²) >= 11 is 0. The second kappa shape index (κ2) is 9.78. The third-order valence-corrected chi connectivity index (χ3v) is 3.70. The number of phenols is 1. The van der Waals surface area contributed by atoms with E-state index in [1.807, 2.05) is 30.3 Å². The number of hydrogen-bond donors (Lipinski definition) is 3. The molecule has 2 rings (SSSR count). The van der Waals surface area contributed by atoms with E-state index in [1.165, 1.54) is 12.1 Å². The summed E-state index contributed by atoms with van der Waals surface area (Å²) in [6.45, 7) is 1.95. The third kappa shape index (κ3) is 6.37. The Morgan fingerprint density at radius 1 is 1.19 bits per heavy atom. The lowest BCUT2D eigenvalue weighted by Crippen LogP contribution is -2.07. The van der Waals surface area contributed by atoms with E-state index in [-0.39, 0.29) is 13.0 Å². The predicted octanol–water partition coefficient (Wildman–Crippen LogP) is 3.89. The highest BCUT2D eigenvalue weighted by Crippen LogP contribution is 2.23. The minimum Gasteiger partial charge on any atom is -0.505 e. The third-order valence-electron chi connectivity index (χ3n) is 3.70. The van der Waals surface area contributed by atoms with Crippen LogP contribution in [-0.4, -0.2) is 28.0 Å². The maximum atomic E-state index is 13.4. The molecule has 0 heterocycles.